The van der Waals surface area contributed by atoms with Crippen molar-refractivity contribution in [3.05, 3.63) is 21.9 Å². The smallest absolute Gasteiger partial charge is 0.104 e. The number of hydrogen-bond donors (Lipinski definition) is 1. The molecule has 16 heavy (non-hydrogen) atoms. The molecule has 1 fully saturated rings. The normalized spacial score (nSPS) is 25.3. The third-order valence-electron chi connectivity index (χ3n) is 3.16. The lowest BCUT2D eigenvalue weighted by molar-refractivity contribution is 0.0680. The van der Waals surface area contributed by atoms with Gasteiger partial charge >= 0.3 is 0 Å². The van der Waals surface area contributed by atoms with Crippen molar-refractivity contribution < 1.29 is 4.74 Å². The van der Waals surface area contributed by atoms with Gasteiger partial charge in [0.25, 0.3) is 0 Å². The molecule has 1 aromatic heterocycles. The molecule has 1 aliphatic rings. The molecular weight excluding hydrogens is 218 g/mol. The van der Waals surface area contributed by atoms with E-state index in [1.165, 1.54) is 9.75 Å². The number of aryl methyl sites for hydroxylation is 1. The Balaban J connectivity index is 2.04. The van der Waals surface area contributed by atoms with Gasteiger partial charge in [0, 0.05) is 28.4 Å². The number of ether oxygens (including phenoxy) is 1. The van der Waals surface area contributed by atoms with Crippen molar-refractivity contribution in [3.8, 4) is 0 Å². The summed E-state index contributed by atoms with van der Waals surface area (Å²) in [6.45, 7) is 8.46. The minimum atomic E-state index is 0.208. The number of nitrogens with one attached hydrogen (secondary N) is 1. The summed E-state index contributed by atoms with van der Waals surface area (Å²) >= 11 is 1.88. The van der Waals surface area contributed by atoms with Gasteiger partial charge in [0.15, 0.2) is 0 Å². The van der Waals surface area contributed by atoms with Gasteiger partial charge in [-0.3, -0.25) is 0 Å². The van der Waals surface area contributed by atoms with E-state index in [1.54, 1.807) is 0 Å². The molecule has 1 saturated heterocycles. The van der Waals surface area contributed by atoms with Crippen molar-refractivity contribution in [1.29, 1.82) is 0 Å². The lowest BCUT2D eigenvalue weighted by Crippen LogP contribution is -2.39. The number of rotatable bonds is 2. The zero-order valence-electron chi connectivity index (χ0n) is 10.4. The maximum Gasteiger partial charge on any atom is 0.104 e. The van der Waals surface area contributed by atoms with Gasteiger partial charge < -0.3 is 10.1 Å². The van der Waals surface area contributed by atoms with E-state index in [9.17, 15) is 0 Å². The van der Waals surface area contributed by atoms with Gasteiger partial charge in [-0.15, -0.1) is 11.3 Å². The maximum atomic E-state index is 5.93. The highest BCUT2D eigenvalue weighted by atomic mass is 32.1. The molecule has 0 amide bonds. The van der Waals surface area contributed by atoms with Crippen LogP contribution < -0.4 is 5.32 Å². The van der Waals surface area contributed by atoms with Crippen LogP contribution >= 0.6 is 11.3 Å². The van der Waals surface area contributed by atoms with Crippen LogP contribution in [0.3, 0.4) is 0 Å². The third-order valence-corrected chi connectivity index (χ3v) is 4.48. The van der Waals surface area contributed by atoms with Gasteiger partial charge in [0.05, 0.1) is 0 Å². The topological polar surface area (TPSA) is 21.3 Å². The summed E-state index contributed by atoms with van der Waals surface area (Å²) in [5.41, 5.74) is 0.208. The zero-order valence-corrected chi connectivity index (χ0v) is 11.2. The summed E-state index contributed by atoms with van der Waals surface area (Å²) in [6.07, 6.45) is 2.44. The first-order chi connectivity index (χ1) is 7.61. The average Bonchev–Trinajstić information content (AvgIpc) is 2.64. The average molecular weight is 239 g/mol. The monoisotopic (exact) mass is 239 g/mol. The molecule has 0 bridgehead atoms. The molecule has 0 spiro atoms. The van der Waals surface area contributed by atoms with E-state index in [0.29, 0.717) is 0 Å². The van der Waals surface area contributed by atoms with E-state index in [2.05, 4.69) is 38.2 Å². The Morgan fingerprint density at radius 3 is 3.00 bits per heavy atom. The second-order valence-electron chi connectivity index (χ2n) is 5.03. The van der Waals surface area contributed by atoms with E-state index in [1.807, 2.05) is 11.3 Å². The molecule has 0 saturated carbocycles. The largest absolute Gasteiger partial charge is 0.371 e. The molecule has 3 heteroatoms. The van der Waals surface area contributed by atoms with Crippen molar-refractivity contribution in [3.63, 3.8) is 0 Å². The molecule has 1 atom stereocenters. The van der Waals surface area contributed by atoms with Crippen molar-refractivity contribution >= 4 is 11.3 Å². The van der Waals surface area contributed by atoms with Crippen molar-refractivity contribution in [2.45, 2.75) is 45.3 Å². The van der Waals surface area contributed by atoms with E-state index < -0.39 is 0 Å². The molecule has 1 N–H and O–H groups in total. The summed E-state index contributed by atoms with van der Waals surface area (Å²) in [5.74, 6) is 0. The van der Waals surface area contributed by atoms with Crippen LogP contribution in [0.25, 0.3) is 0 Å². The Morgan fingerprint density at radius 1 is 1.50 bits per heavy atom. The van der Waals surface area contributed by atoms with Crippen LogP contribution in [-0.2, 0) is 11.2 Å². The number of hydrogen-bond acceptors (Lipinski definition) is 3. The van der Waals surface area contributed by atoms with E-state index in [4.69, 9.17) is 4.74 Å². The van der Waals surface area contributed by atoms with Gasteiger partial charge in [0.1, 0.15) is 6.10 Å². The second-order valence-corrected chi connectivity index (χ2v) is 6.23. The first kappa shape index (κ1) is 12.1. The summed E-state index contributed by atoms with van der Waals surface area (Å²) in [7, 11) is 0. The Hall–Kier alpha value is -0.380. The van der Waals surface area contributed by atoms with E-state index in [0.717, 1.165) is 26.0 Å². The second kappa shape index (κ2) is 4.86. The van der Waals surface area contributed by atoms with Crippen LogP contribution in [0.15, 0.2) is 12.1 Å². The minimum Gasteiger partial charge on any atom is -0.371 e. The fraction of sp³-hybridized carbons (Fsp3) is 0.692. The molecule has 0 radical (unpaired) electrons. The highest BCUT2D eigenvalue weighted by molar-refractivity contribution is 7.12. The Labute approximate surface area is 102 Å². The molecule has 1 aromatic rings. The summed E-state index contributed by atoms with van der Waals surface area (Å²) in [5, 5.41) is 3.58. The first-order valence-electron chi connectivity index (χ1n) is 6.06. The lowest BCUT2D eigenvalue weighted by atomic mass is 10.0. The molecule has 1 aliphatic heterocycles. The highest BCUT2D eigenvalue weighted by Crippen LogP contribution is 2.28. The zero-order chi connectivity index (χ0) is 11.6. The Kier molecular flexibility index (Phi) is 3.67. The SMILES string of the molecule is CCc1ccc(C2CNC(C)(C)CCO2)s1. The molecule has 0 aromatic carbocycles. The van der Waals surface area contributed by atoms with Crippen LogP contribution in [0, 0.1) is 0 Å². The summed E-state index contributed by atoms with van der Waals surface area (Å²) in [4.78, 5) is 2.81. The van der Waals surface area contributed by atoms with Crippen LogP contribution in [0.1, 0.15) is 43.1 Å². The molecule has 2 heterocycles. The summed E-state index contributed by atoms with van der Waals surface area (Å²) in [6, 6.07) is 4.44. The van der Waals surface area contributed by atoms with Gasteiger partial charge in [0.2, 0.25) is 0 Å². The predicted molar refractivity (Wildman–Crippen MR) is 69.1 cm³/mol. The number of thiophene rings is 1. The highest BCUT2D eigenvalue weighted by Gasteiger charge is 2.25. The standard InChI is InChI=1S/C13H21NOS/c1-4-10-5-6-12(16-10)11-9-14-13(2,3)7-8-15-11/h5-6,11,14H,4,7-9H2,1-3H3. The van der Waals surface area contributed by atoms with Crippen LogP contribution in [-0.4, -0.2) is 18.7 Å². The van der Waals surface area contributed by atoms with E-state index in [-0.39, 0.29) is 11.6 Å². The van der Waals surface area contributed by atoms with Crippen LogP contribution in [0.4, 0.5) is 0 Å². The fourth-order valence-electron chi connectivity index (χ4n) is 1.91. The molecule has 1 unspecified atom stereocenters. The predicted octanol–water partition coefficient (Wildman–Crippen LogP) is 3.14. The van der Waals surface area contributed by atoms with Crippen LogP contribution in [0.5, 0.6) is 0 Å². The van der Waals surface area contributed by atoms with Crippen molar-refractivity contribution in [2.75, 3.05) is 13.2 Å². The fourth-order valence-corrected chi connectivity index (χ4v) is 2.92. The minimum absolute atomic E-state index is 0.208. The Morgan fingerprint density at radius 2 is 2.31 bits per heavy atom. The van der Waals surface area contributed by atoms with Gasteiger partial charge in [-0.05, 0) is 38.8 Å². The quantitative estimate of drug-likeness (QED) is 0.856. The van der Waals surface area contributed by atoms with Crippen LogP contribution in [0.2, 0.25) is 0 Å². The maximum absolute atomic E-state index is 5.93. The molecular formula is C13H21NOS. The Bertz CT molecular complexity index is 345. The first-order valence-corrected chi connectivity index (χ1v) is 6.87. The van der Waals surface area contributed by atoms with Gasteiger partial charge in [-0.2, -0.15) is 0 Å². The molecule has 0 aliphatic carbocycles. The summed E-state index contributed by atoms with van der Waals surface area (Å²) < 4.78 is 5.93. The van der Waals surface area contributed by atoms with Gasteiger partial charge in [-0.1, -0.05) is 6.92 Å². The molecule has 2 rings (SSSR count). The van der Waals surface area contributed by atoms with Gasteiger partial charge in [-0.25, -0.2) is 0 Å². The molecule has 2 nitrogen and oxygen atoms in total. The van der Waals surface area contributed by atoms with Crippen molar-refractivity contribution in [2.24, 2.45) is 0 Å². The van der Waals surface area contributed by atoms with E-state index >= 15 is 0 Å². The third kappa shape index (κ3) is 2.84. The molecule has 90 valence electrons. The lowest BCUT2D eigenvalue weighted by Gasteiger charge is -2.23. The van der Waals surface area contributed by atoms with Crippen molar-refractivity contribution in [1.82, 2.24) is 5.32 Å².